The van der Waals surface area contributed by atoms with E-state index in [4.69, 9.17) is 5.73 Å². The zero-order valence-corrected chi connectivity index (χ0v) is 11.2. The highest BCUT2D eigenvalue weighted by atomic mass is 16.3. The minimum Gasteiger partial charge on any atom is -0.508 e. The van der Waals surface area contributed by atoms with Crippen molar-refractivity contribution in [3.63, 3.8) is 0 Å². The predicted octanol–water partition coefficient (Wildman–Crippen LogP) is 3.28. The maximum Gasteiger partial charge on any atom is 0.116 e. The van der Waals surface area contributed by atoms with E-state index in [2.05, 4.69) is 18.8 Å². The third-order valence-electron chi connectivity index (χ3n) is 3.61. The van der Waals surface area contributed by atoms with Crippen LogP contribution in [0.2, 0.25) is 0 Å². The first-order chi connectivity index (χ1) is 8.71. The summed E-state index contributed by atoms with van der Waals surface area (Å²) in [4.78, 5) is 3.49. The van der Waals surface area contributed by atoms with Crippen LogP contribution < -0.4 is 5.73 Å². The number of aromatic nitrogens is 1. The second kappa shape index (κ2) is 5.44. The van der Waals surface area contributed by atoms with Gasteiger partial charge in [-0.05, 0) is 36.6 Å². The van der Waals surface area contributed by atoms with E-state index in [1.54, 1.807) is 6.07 Å². The number of phenols is 1. The fourth-order valence-corrected chi connectivity index (χ4v) is 2.71. The number of nitrogens with one attached hydrogen (secondary N) is 1. The molecule has 1 aromatic heterocycles. The number of fused-ring (bicyclic) bond motifs is 1. The van der Waals surface area contributed by atoms with Crippen molar-refractivity contribution >= 4 is 10.9 Å². The van der Waals surface area contributed by atoms with Crippen molar-refractivity contribution in [1.82, 2.24) is 4.98 Å². The Bertz CT molecular complexity index is 531. The van der Waals surface area contributed by atoms with Crippen molar-refractivity contribution in [3.8, 4) is 5.75 Å². The molecule has 0 aliphatic heterocycles. The zero-order chi connectivity index (χ0) is 13.1. The first-order valence-electron chi connectivity index (χ1n) is 6.74. The van der Waals surface area contributed by atoms with Crippen LogP contribution in [-0.4, -0.2) is 16.6 Å². The molecule has 0 spiro atoms. The number of aromatic amines is 1. The van der Waals surface area contributed by atoms with Gasteiger partial charge in [-0.15, -0.1) is 0 Å². The van der Waals surface area contributed by atoms with Crippen LogP contribution in [0, 0.1) is 0 Å². The smallest absolute Gasteiger partial charge is 0.116 e. The lowest BCUT2D eigenvalue weighted by Gasteiger charge is -2.14. The topological polar surface area (TPSA) is 62.0 Å². The second-order valence-corrected chi connectivity index (χ2v) is 4.82. The summed E-state index contributed by atoms with van der Waals surface area (Å²) in [5, 5.41) is 10.7. The van der Waals surface area contributed by atoms with Crippen LogP contribution in [0.25, 0.3) is 10.9 Å². The van der Waals surface area contributed by atoms with Crippen molar-refractivity contribution in [1.29, 1.82) is 0 Å². The van der Waals surface area contributed by atoms with E-state index < -0.39 is 0 Å². The lowest BCUT2D eigenvalue weighted by molar-refractivity contribution is 0.476. The minimum atomic E-state index is 0.322. The molecule has 98 valence electrons. The largest absolute Gasteiger partial charge is 0.508 e. The molecular formula is C15H22N2O. The van der Waals surface area contributed by atoms with Gasteiger partial charge in [0.15, 0.2) is 0 Å². The van der Waals surface area contributed by atoms with Crippen LogP contribution in [0.5, 0.6) is 5.75 Å². The molecule has 0 fully saturated rings. The van der Waals surface area contributed by atoms with E-state index in [1.165, 1.54) is 11.3 Å². The Labute approximate surface area is 108 Å². The van der Waals surface area contributed by atoms with Crippen LogP contribution in [0.3, 0.4) is 0 Å². The highest BCUT2D eigenvalue weighted by molar-refractivity contribution is 5.86. The Balaban J connectivity index is 2.56. The van der Waals surface area contributed by atoms with Gasteiger partial charge >= 0.3 is 0 Å². The number of benzene rings is 1. The van der Waals surface area contributed by atoms with Crippen molar-refractivity contribution in [2.24, 2.45) is 5.73 Å². The zero-order valence-electron chi connectivity index (χ0n) is 11.2. The molecule has 0 amide bonds. The monoisotopic (exact) mass is 246 g/mol. The molecule has 1 unspecified atom stereocenters. The molecule has 2 aromatic rings. The fourth-order valence-electron chi connectivity index (χ4n) is 2.71. The summed E-state index contributed by atoms with van der Waals surface area (Å²) in [5.41, 5.74) is 9.54. The van der Waals surface area contributed by atoms with E-state index in [0.717, 1.165) is 30.2 Å². The maximum absolute atomic E-state index is 9.62. The number of aryl methyl sites for hydroxylation is 1. The minimum absolute atomic E-state index is 0.322. The number of nitrogens with two attached hydrogens (primary N) is 1. The van der Waals surface area contributed by atoms with Gasteiger partial charge in [0, 0.05) is 29.1 Å². The van der Waals surface area contributed by atoms with Gasteiger partial charge in [0.25, 0.3) is 0 Å². The van der Waals surface area contributed by atoms with Crippen LogP contribution in [0.1, 0.15) is 43.9 Å². The summed E-state index contributed by atoms with van der Waals surface area (Å²) >= 11 is 0. The lowest BCUT2D eigenvalue weighted by atomic mass is 9.95. The number of hydrogen-bond donors (Lipinski definition) is 3. The molecule has 3 nitrogen and oxygen atoms in total. The Morgan fingerprint density at radius 1 is 1.33 bits per heavy atom. The average molecular weight is 246 g/mol. The predicted molar refractivity (Wildman–Crippen MR) is 76.0 cm³/mol. The van der Waals surface area contributed by atoms with Gasteiger partial charge in [-0.3, -0.25) is 0 Å². The number of H-pyrrole nitrogens is 1. The van der Waals surface area contributed by atoms with Crippen LogP contribution >= 0.6 is 0 Å². The van der Waals surface area contributed by atoms with E-state index in [1.807, 2.05) is 12.1 Å². The first-order valence-corrected chi connectivity index (χ1v) is 6.74. The van der Waals surface area contributed by atoms with Crippen LogP contribution in [0.4, 0.5) is 0 Å². The molecule has 0 radical (unpaired) electrons. The van der Waals surface area contributed by atoms with E-state index in [-0.39, 0.29) is 0 Å². The van der Waals surface area contributed by atoms with Gasteiger partial charge in [-0.2, -0.15) is 0 Å². The standard InChI is InChI=1S/C15H22N2O/c1-3-5-10(9-16)15-12(4-2)13-8-11(18)6-7-14(13)17-15/h6-8,10,17-18H,3-5,9,16H2,1-2H3. The second-order valence-electron chi connectivity index (χ2n) is 4.82. The highest BCUT2D eigenvalue weighted by Crippen LogP contribution is 2.32. The quantitative estimate of drug-likeness (QED) is 0.758. The van der Waals surface area contributed by atoms with Gasteiger partial charge in [0.05, 0.1) is 0 Å². The third kappa shape index (κ3) is 2.23. The van der Waals surface area contributed by atoms with Crippen LogP contribution in [0.15, 0.2) is 18.2 Å². The molecule has 18 heavy (non-hydrogen) atoms. The lowest BCUT2D eigenvalue weighted by Crippen LogP contribution is -2.14. The maximum atomic E-state index is 9.62. The Hall–Kier alpha value is -1.48. The molecule has 1 heterocycles. The van der Waals surface area contributed by atoms with Crippen molar-refractivity contribution in [2.45, 2.75) is 39.0 Å². The molecule has 0 aliphatic rings. The number of rotatable bonds is 5. The summed E-state index contributed by atoms with van der Waals surface area (Å²) in [6.45, 7) is 5.00. The van der Waals surface area contributed by atoms with E-state index in [9.17, 15) is 5.11 Å². The molecule has 4 N–H and O–H groups in total. The van der Waals surface area contributed by atoms with E-state index >= 15 is 0 Å². The molecule has 1 aromatic carbocycles. The van der Waals surface area contributed by atoms with E-state index in [0.29, 0.717) is 18.2 Å². The van der Waals surface area contributed by atoms with Gasteiger partial charge in [0.2, 0.25) is 0 Å². The Morgan fingerprint density at radius 2 is 2.11 bits per heavy atom. The van der Waals surface area contributed by atoms with Gasteiger partial charge < -0.3 is 15.8 Å². The number of hydrogen-bond acceptors (Lipinski definition) is 2. The summed E-state index contributed by atoms with van der Waals surface area (Å²) in [7, 11) is 0. The number of aromatic hydroxyl groups is 1. The highest BCUT2D eigenvalue weighted by Gasteiger charge is 2.17. The van der Waals surface area contributed by atoms with Gasteiger partial charge in [0.1, 0.15) is 5.75 Å². The fraction of sp³-hybridized carbons (Fsp3) is 0.467. The summed E-state index contributed by atoms with van der Waals surface area (Å²) < 4.78 is 0. The van der Waals surface area contributed by atoms with Crippen LogP contribution in [-0.2, 0) is 6.42 Å². The normalized spacial score (nSPS) is 13.1. The average Bonchev–Trinajstić information content (AvgIpc) is 2.73. The summed E-state index contributed by atoms with van der Waals surface area (Å²) in [6, 6.07) is 5.50. The Morgan fingerprint density at radius 3 is 2.72 bits per heavy atom. The summed E-state index contributed by atoms with van der Waals surface area (Å²) in [6.07, 6.45) is 3.19. The SMILES string of the molecule is CCCC(CN)c1[nH]c2ccc(O)cc2c1CC. The molecular weight excluding hydrogens is 224 g/mol. The Kier molecular flexibility index (Phi) is 3.92. The van der Waals surface area contributed by atoms with Crippen molar-refractivity contribution < 1.29 is 5.11 Å². The number of phenolic OH excluding ortho intramolecular Hbond substituents is 1. The molecule has 0 aliphatic carbocycles. The molecule has 0 bridgehead atoms. The van der Waals surface area contributed by atoms with Crippen molar-refractivity contribution in [2.75, 3.05) is 6.54 Å². The first kappa shape index (κ1) is 13.0. The van der Waals surface area contributed by atoms with Crippen molar-refractivity contribution in [3.05, 3.63) is 29.5 Å². The summed E-state index contributed by atoms with van der Waals surface area (Å²) in [5.74, 6) is 0.710. The molecule has 0 saturated heterocycles. The molecule has 0 saturated carbocycles. The molecule has 3 heteroatoms. The van der Waals surface area contributed by atoms with Gasteiger partial charge in [-0.25, -0.2) is 0 Å². The third-order valence-corrected chi connectivity index (χ3v) is 3.61. The van der Waals surface area contributed by atoms with Gasteiger partial charge in [-0.1, -0.05) is 20.3 Å². The molecule has 2 rings (SSSR count). The molecule has 1 atom stereocenters.